The Bertz CT molecular complexity index is 480. The van der Waals surface area contributed by atoms with E-state index >= 15 is 0 Å². The van der Waals surface area contributed by atoms with Gasteiger partial charge in [0, 0.05) is 13.0 Å². The minimum absolute atomic E-state index is 0.465. The number of rotatable bonds is 1. The summed E-state index contributed by atoms with van der Waals surface area (Å²) in [5.41, 5.74) is 9.21. The van der Waals surface area contributed by atoms with Crippen molar-refractivity contribution in [3.63, 3.8) is 0 Å². The summed E-state index contributed by atoms with van der Waals surface area (Å²) in [7, 11) is 1.82. The lowest BCUT2D eigenvalue weighted by Crippen LogP contribution is -2.35. The van der Waals surface area contributed by atoms with Gasteiger partial charge in [-0.25, -0.2) is 5.84 Å². The third kappa shape index (κ3) is 1.83. The molecular formula is C15H21N3. The molecule has 0 saturated heterocycles. The van der Waals surface area contributed by atoms with Crippen LogP contribution in [-0.4, -0.2) is 12.9 Å². The van der Waals surface area contributed by atoms with Gasteiger partial charge in [-0.3, -0.25) is 4.99 Å². The minimum atomic E-state index is 0.465. The van der Waals surface area contributed by atoms with Gasteiger partial charge in [-0.1, -0.05) is 23.3 Å². The molecule has 0 aromatic heterocycles. The first-order chi connectivity index (χ1) is 8.83. The maximum Gasteiger partial charge on any atom is 0.114 e. The van der Waals surface area contributed by atoms with E-state index in [2.05, 4.69) is 22.6 Å². The van der Waals surface area contributed by atoms with Crippen LogP contribution in [0.1, 0.15) is 38.5 Å². The van der Waals surface area contributed by atoms with Crippen LogP contribution in [0.4, 0.5) is 0 Å². The number of hydrogen-bond donors (Lipinski definition) is 2. The first kappa shape index (κ1) is 11.7. The Balaban J connectivity index is 1.86. The summed E-state index contributed by atoms with van der Waals surface area (Å²) in [6, 6.07) is 0. The molecule has 0 bridgehead atoms. The predicted octanol–water partition coefficient (Wildman–Crippen LogP) is 2.63. The first-order valence-corrected chi connectivity index (χ1v) is 6.86. The highest BCUT2D eigenvalue weighted by Crippen LogP contribution is 2.45. The Hall–Kier alpha value is -1.35. The number of allylic oxidation sites excluding steroid dienone is 6. The van der Waals surface area contributed by atoms with Crippen LogP contribution >= 0.6 is 0 Å². The molecule has 3 rings (SSSR count). The van der Waals surface area contributed by atoms with E-state index < -0.39 is 0 Å². The standard InChI is InChI=1S/C15H21N3/c1-17-15(18-16)12-8-11-7-6-10-4-2-3-5-13(10)14(11)9-12/h3,5,12H,2,4,6-9,16H2,1H3,(H,17,18). The van der Waals surface area contributed by atoms with Gasteiger partial charge in [-0.05, 0) is 49.7 Å². The van der Waals surface area contributed by atoms with Crippen LogP contribution in [0.5, 0.6) is 0 Å². The van der Waals surface area contributed by atoms with Crippen LogP contribution in [0.15, 0.2) is 39.4 Å². The zero-order chi connectivity index (χ0) is 12.5. The Morgan fingerprint density at radius 2 is 2.11 bits per heavy atom. The number of fused-ring (bicyclic) bond motifs is 1. The van der Waals surface area contributed by atoms with Crippen molar-refractivity contribution in [2.75, 3.05) is 7.05 Å². The van der Waals surface area contributed by atoms with Crippen LogP contribution in [0.2, 0.25) is 0 Å². The molecule has 18 heavy (non-hydrogen) atoms. The molecule has 0 radical (unpaired) electrons. The van der Waals surface area contributed by atoms with Gasteiger partial charge in [0.05, 0.1) is 0 Å². The molecule has 3 aliphatic rings. The van der Waals surface area contributed by atoms with Crippen molar-refractivity contribution >= 4 is 5.84 Å². The fourth-order valence-electron chi connectivity index (χ4n) is 3.58. The van der Waals surface area contributed by atoms with E-state index in [1.807, 2.05) is 7.05 Å². The van der Waals surface area contributed by atoms with Crippen LogP contribution in [-0.2, 0) is 0 Å². The van der Waals surface area contributed by atoms with Gasteiger partial charge in [0.1, 0.15) is 5.84 Å². The molecule has 1 atom stereocenters. The fourth-order valence-corrected chi connectivity index (χ4v) is 3.58. The Kier molecular flexibility index (Phi) is 3.08. The summed E-state index contributed by atoms with van der Waals surface area (Å²) in [6.45, 7) is 0. The van der Waals surface area contributed by atoms with Crippen LogP contribution in [0.25, 0.3) is 0 Å². The van der Waals surface area contributed by atoms with Gasteiger partial charge >= 0.3 is 0 Å². The third-order valence-electron chi connectivity index (χ3n) is 4.48. The summed E-state index contributed by atoms with van der Waals surface area (Å²) < 4.78 is 0. The summed E-state index contributed by atoms with van der Waals surface area (Å²) in [5, 5.41) is 0. The van der Waals surface area contributed by atoms with Crippen molar-refractivity contribution in [3.8, 4) is 0 Å². The van der Waals surface area contributed by atoms with Crippen molar-refractivity contribution in [2.45, 2.75) is 38.5 Å². The number of hydrazine groups is 1. The maximum absolute atomic E-state index is 5.56. The molecule has 0 amide bonds. The van der Waals surface area contributed by atoms with Crippen molar-refractivity contribution < 1.29 is 0 Å². The van der Waals surface area contributed by atoms with Crippen molar-refractivity contribution in [2.24, 2.45) is 16.8 Å². The highest BCUT2D eigenvalue weighted by molar-refractivity contribution is 5.85. The summed E-state index contributed by atoms with van der Waals surface area (Å²) >= 11 is 0. The SMILES string of the molecule is C/N=C(\NN)C1CC2=C(C1)C1=C(CCC=C1)CC2. The molecule has 0 spiro atoms. The molecule has 0 heterocycles. The van der Waals surface area contributed by atoms with Crippen molar-refractivity contribution in [3.05, 3.63) is 34.4 Å². The molecule has 3 heteroatoms. The van der Waals surface area contributed by atoms with Gasteiger partial charge in [0.15, 0.2) is 0 Å². The Labute approximate surface area is 109 Å². The zero-order valence-electron chi connectivity index (χ0n) is 11.0. The quantitative estimate of drug-likeness (QED) is 0.322. The van der Waals surface area contributed by atoms with E-state index in [1.165, 1.54) is 31.3 Å². The second-order valence-electron chi connectivity index (χ2n) is 5.40. The zero-order valence-corrected chi connectivity index (χ0v) is 11.0. The predicted molar refractivity (Wildman–Crippen MR) is 75.1 cm³/mol. The van der Waals surface area contributed by atoms with Gasteiger partial charge < -0.3 is 5.43 Å². The number of amidine groups is 1. The molecule has 3 nitrogen and oxygen atoms in total. The molecule has 0 aromatic carbocycles. The molecule has 3 N–H and O–H groups in total. The van der Waals surface area contributed by atoms with Gasteiger partial charge in [-0.2, -0.15) is 0 Å². The van der Waals surface area contributed by atoms with Crippen molar-refractivity contribution in [1.29, 1.82) is 0 Å². The molecular weight excluding hydrogens is 222 g/mol. The van der Waals surface area contributed by atoms with E-state index in [1.54, 1.807) is 16.7 Å². The van der Waals surface area contributed by atoms with E-state index in [-0.39, 0.29) is 0 Å². The molecule has 3 aliphatic carbocycles. The second kappa shape index (κ2) is 4.73. The van der Waals surface area contributed by atoms with Gasteiger partial charge in [-0.15, -0.1) is 0 Å². The van der Waals surface area contributed by atoms with Crippen LogP contribution < -0.4 is 11.3 Å². The molecule has 0 fully saturated rings. The molecule has 96 valence electrons. The number of hydrogen-bond acceptors (Lipinski definition) is 2. The monoisotopic (exact) mass is 243 g/mol. The highest BCUT2D eigenvalue weighted by atomic mass is 15.2. The lowest BCUT2D eigenvalue weighted by atomic mass is 9.82. The third-order valence-corrected chi connectivity index (χ3v) is 4.48. The topological polar surface area (TPSA) is 50.4 Å². The van der Waals surface area contributed by atoms with E-state index in [9.17, 15) is 0 Å². The summed E-state index contributed by atoms with van der Waals surface area (Å²) in [4.78, 5) is 4.27. The van der Waals surface area contributed by atoms with Gasteiger partial charge in [0.25, 0.3) is 0 Å². The highest BCUT2D eigenvalue weighted by Gasteiger charge is 2.32. The van der Waals surface area contributed by atoms with Crippen molar-refractivity contribution in [1.82, 2.24) is 5.43 Å². The minimum Gasteiger partial charge on any atom is -0.312 e. The number of nitrogens with one attached hydrogen (secondary N) is 1. The Morgan fingerprint density at radius 1 is 1.28 bits per heavy atom. The van der Waals surface area contributed by atoms with Gasteiger partial charge in [0.2, 0.25) is 0 Å². The van der Waals surface area contributed by atoms with Crippen LogP contribution in [0, 0.1) is 5.92 Å². The van der Waals surface area contributed by atoms with E-state index in [0.29, 0.717) is 5.92 Å². The lowest BCUT2D eigenvalue weighted by molar-refractivity contribution is 0.694. The normalized spacial score (nSPS) is 27.4. The summed E-state index contributed by atoms with van der Waals surface area (Å²) in [6.07, 6.45) is 11.9. The average Bonchev–Trinajstić information content (AvgIpc) is 2.84. The second-order valence-corrected chi connectivity index (χ2v) is 5.40. The molecule has 0 aliphatic heterocycles. The fraction of sp³-hybridized carbons (Fsp3) is 0.533. The number of nitrogens with two attached hydrogens (primary N) is 1. The largest absolute Gasteiger partial charge is 0.312 e. The van der Waals surface area contributed by atoms with E-state index in [4.69, 9.17) is 5.84 Å². The first-order valence-electron chi connectivity index (χ1n) is 6.86. The smallest absolute Gasteiger partial charge is 0.114 e. The number of nitrogens with zero attached hydrogens (tertiary/aromatic N) is 1. The molecule has 1 unspecified atom stereocenters. The molecule has 0 saturated carbocycles. The molecule has 0 aromatic rings. The lowest BCUT2D eigenvalue weighted by Gasteiger charge is -2.23. The Morgan fingerprint density at radius 3 is 2.89 bits per heavy atom. The summed E-state index contributed by atoms with van der Waals surface area (Å²) in [5.74, 6) is 6.97. The van der Waals surface area contributed by atoms with E-state index in [0.717, 1.165) is 18.7 Å². The maximum atomic E-state index is 5.56. The average molecular weight is 243 g/mol. The number of aliphatic imine (C=N–C) groups is 1. The van der Waals surface area contributed by atoms with Crippen LogP contribution in [0.3, 0.4) is 0 Å².